The molecule has 0 atom stereocenters. The van der Waals surface area contributed by atoms with Crippen LogP contribution in [0.3, 0.4) is 0 Å². The van der Waals surface area contributed by atoms with E-state index >= 15 is 0 Å². The van der Waals surface area contributed by atoms with Crippen LogP contribution in [-0.4, -0.2) is 131 Å². The van der Waals surface area contributed by atoms with Gasteiger partial charge in [-0.05, 0) is 27.7 Å². The van der Waals surface area contributed by atoms with Gasteiger partial charge >= 0.3 is 91.0 Å². The third-order valence-electron chi connectivity index (χ3n) is 0. The van der Waals surface area contributed by atoms with Crippen molar-refractivity contribution in [3.05, 3.63) is 0 Å². The first kappa shape index (κ1) is 57.6. The molecule has 0 amide bonds. The van der Waals surface area contributed by atoms with Gasteiger partial charge in [0.2, 0.25) is 0 Å². The Balaban J connectivity index is -0.0000000121. The van der Waals surface area contributed by atoms with Gasteiger partial charge in [0, 0.05) is 23.9 Å². The fraction of sp³-hybridized carbons (Fsp3) is 0.500. The summed E-state index contributed by atoms with van der Waals surface area (Å²) in [4.78, 5) is 35.6. The number of carboxylic acid groups (broad SMARTS) is 4. The van der Waals surface area contributed by atoms with Crippen LogP contribution in [0.25, 0.3) is 0 Å². The average Bonchev–Trinajstić information content (AvgIpc) is 1.76. The smallest absolute Gasteiger partial charge is 0.550 e. The minimum Gasteiger partial charge on any atom is -0.550 e. The van der Waals surface area contributed by atoms with Crippen molar-refractivity contribution in [1.29, 1.82) is 0 Å². The van der Waals surface area contributed by atoms with E-state index in [0.717, 1.165) is 27.7 Å². The quantitative estimate of drug-likeness (QED) is 0.309. The molecule has 11 nitrogen and oxygen atoms in total. The third kappa shape index (κ3) is 14000. The number of rotatable bonds is 0. The summed E-state index contributed by atoms with van der Waals surface area (Å²) >= 11 is 0. The molecule has 0 rings (SSSR count). The molecule has 0 bridgehead atoms. The Morgan fingerprint density at radius 3 is 0.476 bits per heavy atom. The number of carboxylic acids is 4. The van der Waals surface area contributed by atoms with Gasteiger partial charge in [-0.15, -0.1) is 0 Å². The molecule has 0 aliphatic rings. The van der Waals surface area contributed by atoms with E-state index in [-0.39, 0.29) is 107 Å². The minimum absolute atomic E-state index is 0. The molecular weight excluding hydrogens is 447 g/mol. The summed E-state index contributed by atoms with van der Waals surface area (Å²) in [5, 5.41) is 35.6. The Labute approximate surface area is 195 Å². The second-order valence-corrected chi connectivity index (χ2v) is 1.97. The molecule has 0 heterocycles. The summed E-state index contributed by atoms with van der Waals surface area (Å²) < 4.78 is 0. The number of aliphatic carboxylic acids is 4. The number of carbonyl (C=O) groups is 4. The number of hydrogen-bond donors (Lipinski definition) is 0. The second kappa shape index (κ2) is 49.8. The van der Waals surface area contributed by atoms with Crippen molar-refractivity contribution in [1.82, 2.24) is 0 Å². The van der Waals surface area contributed by atoms with E-state index in [1.165, 1.54) is 0 Å². The van der Waals surface area contributed by atoms with E-state index in [1.54, 1.807) is 0 Å². The Hall–Kier alpha value is 0.721. The zero-order valence-corrected chi connectivity index (χ0v) is 19.1. The molecule has 0 saturated carbocycles. The largest absolute Gasteiger partial charge is 2.00 e. The Morgan fingerprint density at radius 1 is 0.476 bits per heavy atom. The van der Waals surface area contributed by atoms with E-state index in [0.29, 0.717) is 0 Å². The third-order valence-corrected chi connectivity index (χ3v) is 0. The maximum Gasteiger partial charge on any atom is 2.00 e. The standard InChI is InChI=1S/4C2H4O2.3H2O.2Sr/c4*1-2(3)4;;;;;/h4*1H3,(H,3,4);3*1H2;;/q;;;;;;;2*+2/p-4. The average molecular weight is 465 g/mol. The first-order valence-corrected chi connectivity index (χ1v) is 3.63. The molecule has 0 aromatic heterocycles. The van der Waals surface area contributed by atoms with Gasteiger partial charge in [0.1, 0.15) is 0 Å². The first-order valence-electron chi connectivity index (χ1n) is 3.63. The van der Waals surface area contributed by atoms with E-state index < -0.39 is 23.9 Å². The van der Waals surface area contributed by atoms with Crippen LogP contribution in [0.15, 0.2) is 0 Å². The van der Waals surface area contributed by atoms with Crippen LogP contribution in [0.1, 0.15) is 27.7 Å². The van der Waals surface area contributed by atoms with E-state index in [9.17, 15) is 0 Å². The van der Waals surface area contributed by atoms with Crippen molar-refractivity contribution >= 4 is 115 Å². The molecule has 13 heteroatoms. The predicted molar refractivity (Wildman–Crippen MR) is 65.1 cm³/mol. The maximum atomic E-state index is 8.89. The van der Waals surface area contributed by atoms with E-state index in [4.69, 9.17) is 39.6 Å². The van der Waals surface area contributed by atoms with Gasteiger partial charge in [-0.1, -0.05) is 0 Å². The van der Waals surface area contributed by atoms with Crippen molar-refractivity contribution in [3.8, 4) is 0 Å². The molecule has 6 N–H and O–H groups in total. The van der Waals surface area contributed by atoms with Crippen molar-refractivity contribution in [2.24, 2.45) is 0 Å². The molecule has 0 saturated heterocycles. The summed E-state index contributed by atoms with van der Waals surface area (Å²) in [5.74, 6) is -4.33. The molecule has 0 aliphatic carbocycles. The van der Waals surface area contributed by atoms with Gasteiger partial charge in [0.15, 0.2) is 0 Å². The number of hydrogen-bond acceptors (Lipinski definition) is 8. The zero-order valence-electron chi connectivity index (χ0n) is 12.2. The molecule has 0 spiro atoms. The maximum absolute atomic E-state index is 8.89. The Kier molecular flexibility index (Phi) is 137. The Bertz CT molecular complexity index is 168. The van der Waals surface area contributed by atoms with Gasteiger partial charge in [-0.2, -0.15) is 0 Å². The summed E-state index contributed by atoms with van der Waals surface area (Å²) in [6, 6.07) is 0. The summed E-state index contributed by atoms with van der Waals surface area (Å²) in [6.45, 7) is 3.89. The van der Waals surface area contributed by atoms with Crippen LogP contribution in [-0.2, 0) is 19.2 Å². The van der Waals surface area contributed by atoms with E-state index in [2.05, 4.69) is 0 Å². The van der Waals surface area contributed by atoms with Crippen LogP contribution in [0.4, 0.5) is 0 Å². The second-order valence-electron chi connectivity index (χ2n) is 1.97. The Morgan fingerprint density at radius 2 is 0.476 bits per heavy atom. The van der Waals surface area contributed by atoms with E-state index in [1.807, 2.05) is 0 Å². The SMILES string of the molecule is CC(=O)[O-].CC(=O)[O-].CC(=O)[O-].CC(=O)[O-].O.O.O.[Sr+2].[Sr+2]. The predicted octanol–water partition coefficient (Wildman–Crippen LogP) is -8.21. The summed E-state index contributed by atoms with van der Waals surface area (Å²) in [7, 11) is 0. The normalized spacial score (nSPS) is 4.76. The molecule has 0 aromatic rings. The van der Waals surface area contributed by atoms with Crippen LogP contribution in [0.5, 0.6) is 0 Å². The van der Waals surface area contributed by atoms with Crippen LogP contribution in [0.2, 0.25) is 0 Å². The molecule has 0 unspecified atom stereocenters. The van der Waals surface area contributed by atoms with Crippen LogP contribution >= 0.6 is 0 Å². The molecule has 120 valence electrons. The van der Waals surface area contributed by atoms with Crippen molar-refractivity contribution in [3.63, 3.8) is 0 Å². The zero-order chi connectivity index (χ0) is 14.3. The van der Waals surface area contributed by atoms with Gasteiger partial charge in [0.25, 0.3) is 0 Å². The topological polar surface area (TPSA) is 255 Å². The van der Waals surface area contributed by atoms with Gasteiger partial charge in [-0.25, -0.2) is 0 Å². The van der Waals surface area contributed by atoms with Crippen molar-refractivity contribution in [2.45, 2.75) is 27.7 Å². The monoisotopic (exact) mass is 466 g/mol. The van der Waals surface area contributed by atoms with Crippen molar-refractivity contribution < 1.29 is 56.0 Å². The molecule has 0 radical (unpaired) electrons. The molecule has 0 fully saturated rings. The fourth-order valence-electron chi connectivity index (χ4n) is 0. The van der Waals surface area contributed by atoms with Crippen LogP contribution < -0.4 is 20.4 Å². The minimum atomic E-state index is -1.08. The fourth-order valence-corrected chi connectivity index (χ4v) is 0. The molecular formula is C8H18O11Sr2. The van der Waals surface area contributed by atoms with Crippen molar-refractivity contribution in [2.75, 3.05) is 0 Å². The summed E-state index contributed by atoms with van der Waals surface area (Å²) in [6.07, 6.45) is 0. The van der Waals surface area contributed by atoms with Gasteiger partial charge in [-0.3, -0.25) is 0 Å². The van der Waals surface area contributed by atoms with Crippen LogP contribution in [0, 0.1) is 0 Å². The van der Waals surface area contributed by atoms with Gasteiger partial charge < -0.3 is 56.0 Å². The molecule has 0 aromatic carbocycles. The number of carbonyl (C=O) groups excluding carboxylic acids is 4. The molecule has 0 aliphatic heterocycles. The summed E-state index contributed by atoms with van der Waals surface area (Å²) in [5.41, 5.74) is 0. The first-order chi connectivity index (χ1) is 6.93. The molecule has 21 heavy (non-hydrogen) atoms. The van der Waals surface area contributed by atoms with Gasteiger partial charge in [0.05, 0.1) is 0 Å².